The van der Waals surface area contributed by atoms with Gasteiger partial charge in [-0.05, 0) is 36.4 Å². The highest BCUT2D eigenvalue weighted by atomic mass is 35.5. The van der Waals surface area contributed by atoms with E-state index in [0.29, 0.717) is 32.4 Å². The number of methoxy groups -OCH3 is 1. The minimum atomic E-state index is -0.307. The van der Waals surface area contributed by atoms with Gasteiger partial charge in [0.25, 0.3) is 5.91 Å². The molecule has 134 valence electrons. The number of nitrogens with zero attached hydrogens (tertiary/aromatic N) is 1. The summed E-state index contributed by atoms with van der Waals surface area (Å²) in [4.78, 5) is 16.4. The zero-order valence-electron chi connectivity index (χ0n) is 13.7. The summed E-state index contributed by atoms with van der Waals surface area (Å²) in [6.07, 6.45) is 0. The van der Waals surface area contributed by atoms with Crippen molar-refractivity contribution < 1.29 is 14.3 Å². The van der Waals surface area contributed by atoms with Gasteiger partial charge in [0.05, 0.1) is 17.8 Å². The number of amides is 1. The first-order valence-electron chi connectivity index (χ1n) is 7.53. The maximum atomic E-state index is 12.0. The van der Waals surface area contributed by atoms with Crippen molar-refractivity contribution in [1.82, 2.24) is 4.98 Å². The second-order valence-corrected chi connectivity index (χ2v) is 6.88. The predicted octanol–water partition coefficient (Wildman–Crippen LogP) is 5.14. The lowest BCUT2D eigenvalue weighted by molar-refractivity contribution is -0.118. The minimum Gasteiger partial charge on any atom is -0.495 e. The molecular formula is C18H14Cl2N2O3S. The van der Waals surface area contributed by atoms with Crippen LogP contribution in [0.5, 0.6) is 11.5 Å². The lowest BCUT2D eigenvalue weighted by Gasteiger charge is -2.06. The Morgan fingerprint density at radius 2 is 2.08 bits per heavy atom. The number of thiazole rings is 1. The quantitative estimate of drug-likeness (QED) is 0.612. The van der Waals surface area contributed by atoms with Gasteiger partial charge in [-0.25, -0.2) is 4.98 Å². The lowest BCUT2D eigenvalue weighted by atomic mass is 10.2. The van der Waals surface area contributed by atoms with E-state index in [1.54, 1.807) is 43.5 Å². The predicted molar refractivity (Wildman–Crippen MR) is 105 cm³/mol. The average Bonchev–Trinajstić information content (AvgIpc) is 3.08. The number of nitrogens with one attached hydrogen (secondary N) is 1. The van der Waals surface area contributed by atoms with E-state index < -0.39 is 0 Å². The van der Waals surface area contributed by atoms with Crippen molar-refractivity contribution in [1.29, 1.82) is 0 Å². The van der Waals surface area contributed by atoms with Gasteiger partial charge in [0.2, 0.25) is 0 Å². The summed E-state index contributed by atoms with van der Waals surface area (Å²) >= 11 is 13.3. The first kappa shape index (κ1) is 18.5. The van der Waals surface area contributed by atoms with Gasteiger partial charge in [-0.3, -0.25) is 10.1 Å². The summed E-state index contributed by atoms with van der Waals surface area (Å²) in [6, 6.07) is 12.3. The summed E-state index contributed by atoms with van der Waals surface area (Å²) < 4.78 is 10.5. The van der Waals surface area contributed by atoms with Crippen LogP contribution in [0.1, 0.15) is 0 Å². The molecular weight excluding hydrogens is 395 g/mol. The van der Waals surface area contributed by atoms with Crippen molar-refractivity contribution in [3.63, 3.8) is 0 Å². The smallest absolute Gasteiger partial charge is 0.264 e. The van der Waals surface area contributed by atoms with E-state index >= 15 is 0 Å². The SMILES string of the molecule is COc1ccc(-c2csc(NC(=O)COc3cccc(Cl)c3)n2)cc1Cl. The highest BCUT2D eigenvalue weighted by Crippen LogP contribution is 2.31. The number of halogens is 2. The number of benzene rings is 2. The Morgan fingerprint density at radius 3 is 2.81 bits per heavy atom. The normalized spacial score (nSPS) is 10.4. The van der Waals surface area contributed by atoms with Gasteiger partial charge < -0.3 is 9.47 Å². The van der Waals surface area contributed by atoms with E-state index in [9.17, 15) is 4.79 Å². The van der Waals surface area contributed by atoms with Crippen molar-refractivity contribution in [2.75, 3.05) is 19.0 Å². The standard InChI is InChI=1S/C18H14Cl2N2O3S/c1-24-16-6-5-11(7-14(16)20)15-10-26-18(21-15)22-17(23)9-25-13-4-2-3-12(19)8-13/h2-8,10H,9H2,1H3,(H,21,22,23). The van der Waals surface area contributed by atoms with Crippen LogP contribution in [-0.2, 0) is 4.79 Å². The summed E-state index contributed by atoms with van der Waals surface area (Å²) in [5, 5.41) is 6.07. The number of carbonyl (C=O) groups is 1. The monoisotopic (exact) mass is 408 g/mol. The number of hydrogen-bond donors (Lipinski definition) is 1. The van der Waals surface area contributed by atoms with Gasteiger partial charge in [-0.1, -0.05) is 29.3 Å². The fourth-order valence-corrected chi connectivity index (χ4v) is 3.32. The highest BCUT2D eigenvalue weighted by molar-refractivity contribution is 7.14. The van der Waals surface area contributed by atoms with Gasteiger partial charge in [0, 0.05) is 16.0 Å². The molecule has 8 heteroatoms. The minimum absolute atomic E-state index is 0.135. The molecule has 0 atom stereocenters. The fourth-order valence-electron chi connectivity index (χ4n) is 2.15. The van der Waals surface area contributed by atoms with Crippen LogP contribution in [0, 0.1) is 0 Å². The third-order valence-corrected chi connectivity index (χ3v) is 4.65. The van der Waals surface area contributed by atoms with Crippen LogP contribution >= 0.6 is 34.5 Å². The van der Waals surface area contributed by atoms with Gasteiger partial charge >= 0.3 is 0 Å². The van der Waals surface area contributed by atoms with Gasteiger partial charge in [-0.15, -0.1) is 11.3 Å². The van der Waals surface area contributed by atoms with Crippen molar-refractivity contribution in [3.8, 4) is 22.8 Å². The molecule has 0 fully saturated rings. The third-order valence-electron chi connectivity index (χ3n) is 3.36. The number of aromatic nitrogens is 1. The van der Waals surface area contributed by atoms with E-state index in [1.807, 2.05) is 11.4 Å². The summed E-state index contributed by atoms with van der Waals surface area (Å²) in [6.45, 7) is -0.135. The van der Waals surface area contributed by atoms with Gasteiger partial charge in [0.1, 0.15) is 11.5 Å². The summed E-state index contributed by atoms with van der Waals surface area (Å²) in [7, 11) is 1.56. The van der Waals surface area contributed by atoms with Crippen LogP contribution in [-0.4, -0.2) is 24.6 Å². The molecule has 0 saturated heterocycles. The van der Waals surface area contributed by atoms with E-state index in [4.69, 9.17) is 32.7 Å². The Hall–Kier alpha value is -2.28. The second kappa shape index (κ2) is 8.40. The first-order chi connectivity index (χ1) is 12.5. The molecule has 3 rings (SSSR count). The molecule has 0 radical (unpaired) electrons. The zero-order valence-corrected chi connectivity index (χ0v) is 16.0. The lowest BCUT2D eigenvalue weighted by Crippen LogP contribution is -2.20. The Kier molecular flexibility index (Phi) is 5.98. The summed E-state index contributed by atoms with van der Waals surface area (Å²) in [5.74, 6) is 0.816. The van der Waals surface area contributed by atoms with Gasteiger partial charge in [0.15, 0.2) is 11.7 Å². The van der Waals surface area contributed by atoms with Crippen LogP contribution in [0.25, 0.3) is 11.3 Å². The molecule has 26 heavy (non-hydrogen) atoms. The molecule has 1 aromatic heterocycles. The molecule has 0 aliphatic heterocycles. The molecule has 0 spiro atoms. The Labute approximate surface area is 164 Å². The maximum Gasteiger partial charge on any atom is 0.264 e. The fraction of sp³-hybridized carbons (Fsp3) is 0.111. The topological polar surface area (TPSA) is 60.5 Å². The number of ether oxygens (including phenoxy) is 2. The molecule has 0 aliphatic rings. The van der Waals surface area contributed by atoms with E-state index in [2.05, 4.69) is 10.3 Å². The second-order valence-electron chi connectivity index (χ2n) is 5.18. The Morgan fingerprint density at radius 1 is 1.23 bits per heavy atom. The van der Waals surface area contributed by atoms with Crippen LogP contribution in [0.15, 0.2) is 47.8 Å². The first-order valence-corrected chi connectivity index (χ1v) is 9.16. The molecule has 1 heterocycles. The van der Waals surface area contributed by atoms with Gasteiger partial charge in [-0.2, -0.15) is 0 Å². The van der Waals surface area contributed by atoms with Crippen LogP contribution < -0.4 is 14.8 Å². The van der Waals surface area contributed by atoms with Crippen LogP contribution in [0.2, 0.25) is 10.0 Å². The number of rotatable bonds is 6. The molecule has 3 aromatic rings. The molecule has 1 N–H and O–H groups in total. The van der Waals surface area contributed by atoms with Crippen molar-refractivity contribution >= 4 is 45.6 Å². The Balaban J connectivity index is 1.61. The zero-order chi connectivity index (χ0) is 18.5. The average molecular weight is 409 g/mol. The molecule has 0 saturated carbocycles. The molecule has 2 aromatic carbocycles. The van der Waals surface area contributed by atoms with E-state index in [1.165, 1.54) is 11.3 Å². The number of anilines is 1. The number of carbonyl (C=O) groups excluding carboxylic acids is 1. The molecule has 0 aliphatic carbocycles. The van der Waals surface area contributed by atoms with Crippen molar-refractivity contribution in [2.24, 2.45) is 0 Å². The van der Waals surface area contributed by atoms with E-state index in [-0.39, 0.29) is 12.5 Å². The summed E-state index contributed by atoms with van der Waals surface area (Å²) in [5.41, 5.74) is 1.55. The maximum absolute atomic E-state index is 12.0. The van der Waals surface area contributed by atoms with Crippen molar-refractivity contribution in [3.05, 3.63) is 57.9 Å². The molecule has 5 nitrogen and oxygen atoms in total. The van der Waals surface area contributed by atoms with Crippen molar-refractivity contribution in [2.45, 2.75) is 0 Å². The molecule has 0 unspecified atom stereocenters. The largest absolute Gasteiger partial charge is 0.495 e. The van der Waals surface area contributed by atoms with Crippen LogP contribution in [0.3, 0.4) is 0 Å². The molecule has 0 bridgehead atoms. The van der Waals surface area contributed by atoms with Crippen LogP contribution in [0.4, 0.5) is 5.13 Å². The van der Waals surface area contributed by atoms with E-state index in [0.717, 1.165) is 5.56 Å². The molecule has 1 amide bonds. The highest BCUT2D eigenvalue weighted by Gasteiger charge is 2.10. The third kappa shape index (κ3) is 4.66. The Bertz CT molecular complexity index is 930. The number of hydrogen-bond acceptors (Lipinski definition) is 5.